The zero-order valence-electron chi connectivity index (χ0n) is 8.26. The fraction of sp³-hybridized carbons (Fsp3) is 0.625. The van der Waals surface area contributed by atoms with Gasteiger partial charge >= 0.3 is 0 Å². The summed E-state index contributed by atoms with van der Waals surface area (Å²) in [5.74, 6) is 0.440. The lowest BCUT2D eigenvalue weighted by Crippen LogP contribution is -2.29. The molecule has 1 aromatic rings. The van der Waals surface area contributed by atoms with Crippen LogP contribution in [0.4, 0.5) is 0 Å². The van der Waals surface area contributed by atoms with Gasteiger partial charge in [-0.15, -0.1) is 11.6 Å². The van der Waals surface area contributed by atoms with Crippen LogP contribution >= 0.6 is 11.6 Å². The van der Waals surface area contributed by atoms with Crippen molar-refractivity contribution in [3.8, 4) is 0 Å². The van der Waals surface area contributed by atoms with E-state index in [1.54, 1.807) is 23.1 Å². The van der Waals surface area contributed by atoms with E-state index in [0.717, 1.165) is 0 Å². The fourth-order valence-electron chi connectivity index (χ4n) is 1.07. The van der Waals surface area contributed by atoms with E-state index in [1.807, 2.05) is 0 Å². The van der Waals surface area contributed by atoms with Gasteiger partial charge in [-0.25, -0.2) is 13.1 Å². The fourth-order valence-corrected chi connectivity index (χ4v) is 2.43. The molecule has 1 heterocycles. The predicted octanol–water partition coefficient (Wildman–Crippen LogP) is 0.431. The maximum atomic E-state index is 11.3. The third-order valence-corrected chi connectivity index (χ3v) is 3.51. The van der Waals surface area contributed by atoms with Crippen molar-refractivity contribution in [1.29, 1.82) is 0 Å². The van der Waals surface area contributed by atoms with Gasteiger partial charge in [0, 0.05) is 24.8 Å². The molecule has 0 bridgehead atoms. The minimum atomic E-state index is -3.17. The van der Waals surface area contributed by atoms with Crippen LogP contribution in [0.15, 0.2) is 18.5 Å². The molecule has 86 valence electrons. The first kappa shape index (κ1) is 12.5. The second-order valence-corrected chi connectivity index (χ2v) is 5.33. The first-order valence-electron chi connectivity index (χ1n) is 4.65. The molecule has 0 amide bonds. The van der Waals surface area contributed by atoms with Gasteiger partial charge in [0.25, 0.3) is 0 Å². The van der Waals surface area contributed by atoms with Crippen LogP contribution in [0.25, 0.3) is 0 Å². The minimum absolute atomic E-state index is 0.0790. The smallest absolute Gasteiger partial charge is 0.211 e. The number of nitrogens with one attached hydrogen (secondary N) is 1. The third kappa shape index (κ3) is 5.15. The zero-order valence-corrected chi connectivity index (χ0v) is 9.84. The van der Waals surface area contributed by atoms with Crippen molar-refractivity contribution in [3.63, 3.8) is 0 Å². The van der Waals surface area contributed by atoms with Gasteiger partial charge in [-0.05, 0) is 12.5 Å². The summed E-state index contributed by atoms with van der Waals surface area (Å²) in [4.78, 5) is 0. The Morgan fingerprint density at radius 2 is 2.27 bits per heavy atom. The molecule has 7 heteroatoms. The Labute approximate surface area is 94.5 Å². The lowest BCUT2D eigenvalue weighted by molar-refractivity contribution is 0.560. The maximum Gasteiger partial charge on any atom is 0.211 e. The summed E-state index contributed by atoms with van der Waals surface area (Å²) in [7, 11) is -3.17. The van der Waals surface area contributed by atoms with Crippen LogP contribution in [-0.2, 0) is 16.6 Å². The van der Waals surface area contributed by atoms with Gasteiger partial charge in [0.15, 0.2) is 0 Å². The summed E-state index contributed by atoms with van der Waals surface area (Å²) in [5.41, 5.74) is 0. The van der Waals surface area contributed by atoms with Gasteiger partial charge in [-0.2, -0.15) is 5.10 Å². The molecule has 1 N–H and O–H groups in total. The number of hydrogen-bond donors (Lipinski definition) is 1. The molecule has 1 rings (SSSR count). The van der Waals surface area contributed by atoms with E-state index in [1.165, 1.54) is 0 Å². The molecule has 0 radical (unpaired) electrons. The van der Waals surface area contributed by atoms with Crippen molar-refractivity contribution in [2.24, 2.45) is 0 Å². The summed E-state index contributed by atoms with van der Waals surface area (Å²) in [6.45, 7) is 0.888. The summed E-state index contributed by atoms with van der Waals surface area (Å²) in [6, 6.07) is 1.79. The highest BCUT2D eigenvalue weighted by Gasteiger charge is 2.08. The topological polar surface area (TPSA) is 64.0 Å². The molecule has 0 aliphatic heterocycles. The highest BCUT2D eigenvalue weighted by atomic mass is 35.5. The molecule has 0 unspecified atom stereocenters. The van der Waals surface area contributed by atoms with Crippen LogP contribution in [0.5, 0.6) is 0 Å². The van der Waals surface area contributed by atoms with Crippen LogP contribution in [0, 0.1) is 0 Å². The zero-order chi connectivity index (χ0) is 11.1. The number of halogens is 1. The first-order valence-corrected chi connectivity index (χ1v) is 6.83. The third-order valence-electron chi connectivity index (χ3n) is 1.77. The molecule has 0 spiro atoms. The van der Waals surface area contributed by atoms with E-state index in [-0.39, 0.29) is 5.75 Å². The Morgan fingerprint density at radius 1 is 1.47 bits per heavy atom. The highest BCUT2D eigenvalue weighted by Crippen LogP contribution is 1.92. The average molecular weight is 252 g/mol. The van der Waals surface area contributed by atoms with Gasteiger partial charge in [-0.1, -0.05) is 0 Å². The molecule has 0 aliphatic carbocycles. The molecule has 0 saturated carbocycles. The van der Waals surface area contributed by atoms with Crippen LogP contribution in [0.3, 0.4) is 0 Å². The van der Waals surface area contributed by atoms with Gasteiger partial charge in [0.05, 0.1) is 12.3 Å². The van der Waals surface area contributed by atoms with Gasteiger partial charge in [-0.3, -0.25) is 4.68 Å². The summed E-state index contributed by atoms with van der Waals surface area (Å²) >= 11 is 5.42. The van der Waals surface area contributed by atoms with Crippen molar-refractivity contribution in [2.45, 2.75) is 13.0 Å². The normalized spacial score (nSPS) is 11.8. The summed E-state index contributed by atoms with van der Waals surface area (Å²) in [6.07, 6.45) is 3.91. The molecule has 0 atom stereocenters. The molecular formula is C8H14ClN3O2S. The SMILES string of the molecule is O=S(=O)(CCCCl)NCCn1cccn1. The van der Waals surface area contributed by atoms with Crippen molar-refractivity contribution in [3.05, 3.63) is 18.5 Å². The Morgan fingerprint density at radius 3 is 2.87 bits per heavy atom. The first-order chi connectivity index (χ1) is 7.14. The summed E-state index contributed by atoms with van der Waals surface area (Å²) < 4.78 is 26.8. The largest absolute Gasteiger partial charge is 0.271 e. The van der Waals surface area contributed by atoms with Crippen molar-refractivity contribution >= 4 is 21.6 Å². The van der Waals surface area contributed by atoms with Crippen LogP contribution < -0.4 is 4.72 Å². The second kappa shape index (κ2) is 6.09. The Bertz CT molecular complexity index is 363. The lowest BCUT2D eigenvalue weighted by Gasteiger charge is -2.05. The van der Waals surface area contributed by atoms with E-state index in [2.05, 4.69) is 9.82 Å². The Hall–Kier alpha value is -0.590. The molecule has 0 aromatic carbocycles. The van der Waals surface area contributed by atoms with Gasteiger partial charge in [0.1, 0.15) is 0 Å². The predicted molar refractivity (Wildman–Crippen MR) is 59.4 cm³/mol. The van der Waals surface area contributed by atoms with E-state index in [4.69, 9.17) is 11.6 Å². The number of rotatable bonds is 7. The quantitative estimate of drug-likeness (QED) is 0.715. The van der Waals surface area contributed by atoms with E-state index < -0.39 is 10.0 Å². The molecule has 15 heavy (non-hydrogen) atoms. The van der Waals surface area contributed by atoms with Crippen molar-refractivity contribution in [1.82, 2.24) is 14.5 Å². The lowest BCUT2D eigenvalue weighted by atomic mass is 10.6. The monoisotopic (exact) mass is 251 g/mol. The maximum absolute atomic E-state index is 11.3. The number of aromatic nitrogens is 2. The van der Waals surface area contributed by atoms with E-state index >= 15 is 0 Å². The molecule has 5 nitrogen and oxygen atoms in total. The van der Waals surface area contributed by atoms with E-state index in [0.29, 0.717) is 25.4 Å². The number of hydrogen-bond acceptors (Lipinski definition) is 3. The Balaban J connectivity index is 2.24. The van der Waals surface area contributed by atoms with Crippen LogP contribution in [0.1, 0.15) is 6.42 Å². The number of nitrogens with zero attached hydrogens (tertiary/aromatic N) is 2. The summed E-state index contributed by atoms with van der Waals surface area (Å²) in [5, 5.41) is 3.96. The van der Waals surface area contributed by atoms with Gasteiger partial charge in [0.2, 0.25) is 10.0 Å². The average Bonchev–Trinajstić information content (AvgIpc) is 2.67. The molecule has 1 aromatic heterocycles. The van der Waals surface area contributed by atoms with Crippen molar-refractivity contribution < 1.29 is 8.42 Å². The van der Waals surface area contributed by atoms with Gasteiger partial charge < -0.3 is 0 Å². The number of alkyl halides is 1. The van der Waals surface area contributed by atoms with Crippen molar-refractivity contribution in [2.75, 3.05) is 18.2 Å². The van der Waals surface area contributed by atoms with E-state index in [9.17, 15) is 8.42 Å². The highest BCUT2D eigenvalue weighted by molar-refractivity contribution is 7.89. The molecular weight excluding hydrogens is 238 g/mol. The second-order valence-electron chi connectivity index (χ2n) is 3.02. The minimum Gasteiger partial charge on any atom is -0.271 e. The molecule has 0 fully saturated rings. The Kier molecular flexibility index (Phi) is 5.07. The van der Waals surface area contributed by atoms with Crippen LogP contribution in [-0.4, -0.2) is 36.4 Å². The number of sulfonamides is 1. The standard InChI is InChI=1S/C8H14ClN3O2S/c9-3-1-8-15(13,14)11-5-7-12-6-2-4-10-12/h2,4,6,11H,1,3,5,7-8H2. The molecule has 0 aliphatic rings. The molecule has 0 saturated heterocycles. The van der Waals surface area contributed by atoms with Crippen LogP contribution in [0.2, 0.25) is 0 Å².